The third-order valence-electron chi connectivity index (χ3n) is 2.51. The van der Waals surface area contributed by atoms with Crippen LogP contribution in [-0.2, 0) is 0 Å². The SMILES string of the molecule is NNc1nc(NC2CCC2)c(F)cc1F. The van der Waals surface area contributed by atoms with Crippen molar-refractivity contribution in [3.8, 4) is 0 Å². The molecule has 1 fully saturated rings. The number of pyridine rings is 1. The Bertz CT molecular complexity index is 365. The molecule has 0 saturated heterocycles. The standard InChI is InChI=1S/C9H12F2N4/c10-6-4-7(11)9(15-12)14-8(6)13-5-2-1-3-5/h4-5H,1-3,12H2,(H2,13,14,15). The minimum atomic E-state index is -0.797. The minimum Gasteiger partial charge on any atom is -0.365 e. The Kier molecular flexibility index (Phi) is 2.68. The fourth-order valence-electron chi connectivity index (χ4n) is 1.41. The zero-order valence-corrected chi connectivity index (χ0v) is 8.06. The van der Waals surface area contributed by atoms with Crippen LogP contribution in [0.25, 0.3) is 0 Å². The predicted molar refractivity (Wildman–Crippen MR) is 53.2 cm³/mol. The summed E-state index contributed by atoms with van der Waals surface area (Å²) in [5.74, 6) is 3.45. The van der Waals surface area contributed by atoms with Crippen molar-refractivity contribution < 1.29 is 8.78 Å². The molecule has 0 bridgehead atoms. The smallest absolute Gasteiger partial charge is 0.178 e. The molecular weight excluding hydrogens is 202 g/mol. The van der Waals surface area contributed by atoms with E-state index in [2.05, 4.69) is 15.7 Å². The molecule has 6 heteroatoms. The van der Waals surface area contributed by atoms with Crippen LogP contribution >= 0.6 is 0 Å². The summed E-state index contributed by atoms with van der Waals surface area (Å²) in [4.78, 5) is 3.71. The number of nitrogens with zero attached hydrogens (tertiary/aromatic N) is 1. The molecule has 1 saturated carbocycles. The maximum absolute atomic E-state index is 13.3. The van der Waals surface area contributed by atoms with E-state index < -0.39 is 11.6 Å². The Labute approximate surface area is 85.8 Å². The molecule has 1 aliphatic carbocycles. The van der Waals surface area contributed by atoms with Gasteiger partial charge in [-0.15, -0.1) is 0 Å². The van der Waals surface area contributed by atoms with Crippen molar-refractivity contribution in [3.63, 3.8) is 0 Å². The number of hydrogen-bond acceptors (Lipinski definition) is 4. The average molecular weight is 214 g/mol. The maximum atomic E-state index is 13.3. The van der Waals surface area contributed by atoms with Gasteiger partial charge < -0.3 is 10.7 Å². The topological polar surface area (TPSA) is 63.0 Å². The molecule has 4 N–H and O–H groups in total. The molecule has 1 aromatic rings. The third-order valence-corrected chi connectivity index (χ3v) is 2.51. The lowest BCUT2D eigenvalue weighted by Gasteiger charge is -2.27. The minimum absolute atomic E-state index is 0.0500. The molecule has 0 aromatic carbocycles. The quantitative estimate of drug-likeness (QED) is 0.528. The number of hydrogen-bond donors (Lipinski definition) is 3. The summed E-state index contributed by atoms with van der Waals surface area (Å²) in [6, 6.07) is 1.01. The van der Waals surface area contributed by atoms with Crippen LogP contribution in [-0.4, -0.2) is 11.0 Å². The number of aromatic nitrogens is 1. The molecule has 0 radical (unpaired) electrons. The van der Waals surface area contributed by atoms with E-state index in [0.717, 1.165) is 25.3 Å². The van der Waals surface area contributed by atoms with Crippen molar-refractivity contribution in [2.24, 2.45) is 5.84 Å². The molecule has 0 amide bonds. The Morgan fingerprint density at radius 2 is 1.93 bits per heavy atom. The second-order valence-corrected chi connectivity index (χ2v) is 3.57. The summed E-state index contributed by atoms with van der Waals surface area (Å²) in [6.45, 7) is 0. The first-order chi connectivity index (χ1) is 7.20. The van der Waals surface area contributed by atoms with Gasteiger partial charge in [-0.25, -0.2) is 19.6 Å². The lowest BCUT2D eigenvalue weighted by Crippen LogP contribution is -2.28. The molecule has 1 aliphatic rings. The highest BCUT2D eigenvalue weighted by Gasteiger charge is 2.20. The van der Waals surface area contributed by atoms with E-state index in [-0.39, 0.29) is 17.7 Å². The first-order valence-electron chi connectivity index (χ1n) is 4.80. The lowest BCUT2D eigenvalue weighted by molar-refractivity contribution is 0.441. The predicted octanol–water partition coefficient (Wildman–Crippen LogP) is 1.61. The Morgan fingerprint density at radius 1 is 1.27 bits per heavy atom. The van der Waals surface area contributed by atoms with Crippen LogP contribution in [0.15, 0.2) is 6.07 Å². The third kappa shape index (κ3) is 1.99. The van der Waals surface area contributed by atoms with Crippen molar-refractivity contribution in [2.45, 2.75) is 25.3 Å². The summed E-state index contributed by atoms with van der Waals surface area (Å²) in [5.41, 5.74) is 2.08. The molecule has 1 aromatic heterocycles. The van der Waals surface area contributed by atoms with Crippen molar-refractivity contribution in [1.82, 2.24) is 4.98 Å². The number of rotatable bonds is 3. The van der Waals surface area contributed by atoms with Gasteiger partial charge in [0, 0.05) is 12.1 Å². The van der Waals surface area contributed by atoms with E-state index in [1.165, 1.54) is 0 Å². The molecule has 0 atom stereocenters. The summed E-state index contributed by atoms with van der Waals surface area (Å²) >= 11 is 0. The normalized spacial score (nSPS) is 15.9. The number of anilines is 2. The highest BCUT2D eigenvalue weighted by Crippen LogP contribution is 2.25. The van der Waals surface area contributed by atoms with E-state index in [0.29, 0.717) is 0 Å². The van der Waals surface area contributed by atoms with Gasteiger partial charge in [0.25, 0.3) is 0 Å². The van der Waals surface area contributed by atoms with E-state index in [1.807, 2.05) is 0 Å². The van der Waals surface area contributed by atoms with Crippen LogP contribution in [0, 0.1) is 11.6 Å². The highest BCUT2D eigenvalue weighted by atomic mass is 19.1. The van der Waals surface area contributed by atoms with E-state index in [1.54, 1.807) is 0 Å². The molecule has 1 heterocycles. The number of hydrazine groups is 1. The van der Waals surface area contributed by atoms with E-state index in [4.69, 9.17) is 5.84 Å². The van der Waals surface area contributed by atoms with Gasteiger partial charge in [-0.05, 0) is 19.3 Å². The van der Waals surface area contributed by atoms with Crippen LogP contribution < -0.4 is 16.6 Å². The van der Waals surface area contributed by atoms with Crippen molar-refractivity contribution in [3.05, 3.63) is 17.7 Å². The van der Waals surface area contributed by atoms with Crippen LogP contribution in [0.1, 0.15) is 19.3 Å². The second kappa shape index (κ2) is 3.98. The summed E-state index contributed by atoms with van der Waals surface area (Å²) in [7, 11) is 0. The van der Waals surface area contributed by atoms with Gasteiger partial charge in [0.1, 0.15) is 0 Å². The molecule has 2 rings (SSSR count). The van der Waals surface area contributed by atoms with Crippen molar-refractivity contribution >= 4 is 11.6 Å². The molecule has 0 unspecified atom stereocenters. The van der Waals surface area contributed by atoms with Gasteiger partial charge in [0.2, 0.25) is 0 Å². The van der Waals surface area contributed by atoms with Gasteiger partial charge in [-0.2, -0.15) is 0 Å². The molecule has 0 aliphatic heterocycles. The Morgan fingerprint density at radius 3 is 2.47 bits per heavy atom. The fraction of sp³-hybridized carbons (Fsp3) is 0.444. The number of halogens is 2. The van der Waals surface area contributed by atoms with E-state index in [9.17, 15) is 8.78 Å². The number of nitrogens with two attached hydrogens (primary N) is 1. The second-order valence-electron chi connectivity index (χ2n) is 3.57. The van der Waals surface area contributed by atoms with Crippen molar-refractivity contribution in [2.75, 3.05) is 10.7 Å². The molecular formula is C9H12F2N4. The highest BCUT2D eigenvalue weighted by molar-refractivity contribution is 5.47. The van der Waals surface area contributed by atoms with E-state index >= 15 is 0 Å². The van der Waals surface area contributed by atoms with Crippen LogP contribution in [0.4, 0.5) is 20.4 Å². The van der Waals surface area contributed by atoms with Gasteiger partial charge >= 0.3 is 0 Å². The zero-order chi connectivity index (χ0) is 10.8. The van der Waals surface area contributed by atoms with Crippen LogP contribution in [0.5, 0.6) is 0 Å². The largest absolute Gasteiger partial charge is 0.365 e. The van der Waals surface area contributed by atoms with Crippen LogP contribution in [0.2, 0.25) is 0 Å². The molecule has 82 valence electrons. The Hall–Kier alpha value is -1.43. The maximum Gasteiger partial charge on any atom is 0.178 e. The van der Waals surface area contributed by atoms with Gasteiger partial charge in [0.05, 0.1) is 0 Å². The van der Waals surface area contributed by atoms with Gasteiger partial charge in [-0.1, -0.05) is 0 Å². The molecule has 4 nitrogen and oxygen atoms in total. The summed E-state index contributed by atoms with van der Waals surface area (Å²) < 4.78 is 26.2. The lowest BCUT2D eigenvalue weighted by atomic mass is 9.93. The average Bonchev–Trinajstić information content (AvgIpc) is 2.14. The summed E-state index contributed by atoms with van der Waals surface area (Å²) in [5, 5.41) is 2.90. The zero-order valence-electron chi connectivity index (χ0n) is 8.06. The van der Waals surface area contributed by atoms with Crippen LogP contribution in [0.3, 0.4) is 0 Å². The molecule has 15 heavy (non-hydrogen) atoms. The van der Waals surface area contributed by atoms with Gasteiger partial charge in [-0.3, -0.25) is 0 Å². The number of nitrogen functional groups attached to an aromatic ring is 1. The molecule has 0 spiro atoms. The fourth-order valence-corrected chi connectivity index (χ4v) is 1.41. The van der Waals surface area contributed by atoms with Gasteiger partial charge in [0.15, 0.2) is 23.3 Å². The Balaban J connectivity index is 2.21. The monoisotopic (exact) mass is 214 g/mol. The van der Waals surface area contributed by atoms with Crippen molar-refractivity contribution in [1.29, 1.82) is 0 Å². The first kappa shape index (κ1) is 10.1. The summed E-state index contributed by atoms with van der Waals surface area (Å²) in [6.07, 6.45) is 3.11. The number of nitrogens with one attached hydrogen (secondary N) is 2. The first-order valence-corrected chi connectivity index (χ1v) is 4.80.